The van der Waals surface area contributed by atoms with E-state index < -0.39 is 11.9 Å². The number of thiocarbonyl (C=S) groups is 1. The molecule has 0 saturated heterocycles. The lowest BCUT2D eigenvalue weighted by molar-refractivity contribution is -0.255. The number of hydrogen-bond donors (Lipinski definition) is 2. The minimum absolute atomic E-state index is 0.00239. The smallest absolute Gasteiger partial charge is 0.257 e. The van der Waals surface area contributed by atoms with Gasteiger partial charge < -0.3 is 20.0 Å². The maximum absolute atomic E-state index is 12.2. The van der Waals surface area contributed by atoms with Crippen LogP contribution in [-0.2, 0) is 0 Å². The molecule has 0 aliphatic heterocycles. The second-order valence-electron chi connectivity index (χ2n) is 4.85. The fourth-order valence-corrected chi connectivity index (χ4v) is 2.42. The Hall–Kier alpha value is -2.64. The average Bonchev–Trinajstić information content (AvgIpc) is 2.56. The van der Waals surface area contributed by atoms with Crippen molar-refractivity contribution in [1.82, 2.24) is 5.32 Å². The van der Waals surface area contributed by atoms with Gasteiger partial charge in [-0.3, -0.25) is 10.1 Å². The Kier molecular flexibility index (Phi) is 6.32. The third kappa shape index (κ3) is 5.17. The van der Waals surface area contributed by atoms with E-state index in [9.17, 15) is 14.7 Å². The number of carboxylic acid groups (broad SMARTS) is 1. The first-order valence-corrected chi connectivity index (χ1v) is 8.05. The first-order chi connectivity index (χ1) is 11.9. The Balaban J connectivity index is 2.03. The lowest BCUT2D eigenvalue weighted by Crippen LogP contribution is -2.34. The number of anilines is 1. The van der Waals surface area contributed by atoms with E-state index in [0.29, 0.717) is 28.6 Å². The van der Waals surface area contributed by atoms with E-state index in [-0.39, 0.29) is 10.7 Å². The van der Waals surface area contributed by atoms with Crippen molar-refractivity contribution in [3.63, 3.8) is 0 Å². The highest BCUT2D eigenvalue weighted by atomic mass is 35.5. The highest BCUT2D eigenvalue weighted by Crippen LogP contribution is 2.25. The largest absolute Gasteiger partial charge is 0.545 e. The van der Waals surface area contributed by atoms with E-state index in [0.717, 1.165) is 0 Å². The van der Waals surface area contributed by atoms with Crippen LogP contribution in [0, 0.1) is 0 Å². The minimum Gasteiger partial charge on any atom is -0.545 e. The third-order valence-electron chi connectivity index (χ3n) is 3.08. The van der Waals surface area contributed by atoms with Crippen molar-refractivity contribution >= 4 is 46.5 Å². The fraction of sp³-hybridized carbons (Fsp3) is 0.118. The van der Waals surface area contributed by atoms with Crippen molar-refractivity contribution < 1.29 is 19.4 Å². The lowest BCUT2D eigenvalue weighted by Gasteiger charge is -2.12. The molecule has 0 aromatic heterocycles. The summed E-state index contributed by atoms with van der Waals surface area (Å²) in [6.45, 7) is 2.29. The van der Waals surface area contributed by atoms with Gasteiger partial charge in [-0.2, -0.15) is 0 Å². The molecule has 0 heterocycles. The Labute approximate surface area is 154 Å². The normalized spacial score (nSPS) is 10.0. The van der Waals surface area contributed by atoms with Gasteiger partial charge in [0.05, 0.1) is 17.6 Å². The first-order valence-electron chi connectivity index (χ1n) is 7.26. The number of carboxylic acids is 1. The molecule has 25 heavy (non-hydrogen) atoms. The topological polar surface area (TPSA) is 90.5 Å². The number of carbonyl (C=O) groups is 2. The Morgan fingerprint density at radius 2 is 1.96 bits per heavy atom. The molecule has 2 aromatic carbocycles. The molecule has 2 aromatic rings. The van der Waals surface area contributed by atoms with Crippen LogP contribution in [0.15, 0.2) is 42.5 Å². The molecule has 6 nitrogen and oxygen atoms in total. The molecule has 8 heteroatoms. The van der Waals surface area contributed by atoms with Crippen molar-refractivity contribution in [2.24, 2.45) is 0 Å². The highest BCUT2D eigenvalue weighted by Gasteiger charge is 2.11. The lowest BCUT2D eigenvalue weighted by atomic mass is 10.2. The van der Waals surface area contributed by atoms with Gasteiger partial charge in [-0.15, -0.1) is 0 Å². The Bertz CT molecular complexity index is 826. The van der Waals surface area contributed by atoms with Gasteiger partial charge in [0, 0.05) is 11.3 Å². The van der Waals surface area contributed by atoms with Crippen molar-refractivity contribution in [2.75, 3.05) is 11.9 Å². The average molecular weight is 378 g/mol. The second kappa shape index (κ2) is 8.46. The van der Waals surface area contributed by atoms with Gasteiger partial charge in [0.2, 0.25) is 0 Å². The molecule has 0 fully saturated rings. The quantitative estimate of drug-likeness (QED) is 0.776. The Morgan fingerprint density at radius 1 is 1.20 bits per heavy atom. The molecule has 130 valence electrons. The molecular formula is C17H14ClN2O4S-. The summed E-state index contributed by atoms with van der Waals surface area (Å²) in [5, 5.41) is 16.4. The summed E-state index contributed by atoms with van der Waals surface area (Å²) in [5.41, 5.74) is 0.718. The number of ether oxygens (including phenoxy) is 1. The molecule has 0 radical (unpaired) electrons. The first kappa shape index (κ1) is 18.7. The standard InChI is InChI=1S/C17H15ClN2O4S/c1-2-24-14-7-6-10(9-13(14)18)15(21)20-17(25)19-12-5-3-4-11(8-12)16(22)23/h3-9H,2H2,1H3,(H,22,23)(H2,19,20,21,25)/p-1. The van der Waals surface area contributed by atoms with E-state index in [4.69, 9.17) is 28.6 Å². The molecule has 0 spiro atoms. The summed E-state index contributed by atoms with van der Waals surface area (Å²) < 4.78 is 5.31. The van der Waals surface area contributed by atoms with Crippen LogP contribution >= 0.6 is 23.8 Å². The molecule has 2 N–H and O–H groups in total. The van der Waals surface area contributed by atoms with Crippen molar-refractivity contribution in [3.05, 3.63) is 58.6 Å². The van der Waals surface area contributed by atoms with Crippen LogP contribution in [0.1, 0.15) is 27.6 Å². The van der Waals surface area contributed by atoms with Crippen molar-refractivity contribution in [2.45, 2.75) is 6.92 Å². The maximum atomic E-state index is 12.2. The number of amides is 1. The number of nitrogens with one attached hydrogen (secondary N) is 2. The second-order valence-corrected chi connectivity index (χ2v) is 5.67. The monoisotopic (exact) mass is 377 g/mol. The number of aromatic carboxylic acids is 1. The van der Waals surface area contributed by atoms with Gasteiger partial charge in [-0.05, 0) is 55.0 Å². The molecular weight excluding hydrogens is 364 g/mol. The van der Waals surface area contributed by atoms with Crippen LogP contribution < -0.4 is 20.5 Å². The number of benzene rings is 2. The van der Waals surface area contributed by atoms with E-state index in [1.54, 1.807) is 18.2 Å². The van der Waals surface area contributed by atoms with Gasteiger partial charge in [-0.25, -0.2) is 0 Å². The summed E-state index contributed by atoms with van der Waals surface area (Å²) >= 11 is 11.1. The Morgan fingerprint density at radius 3 is 2.60 bits per heavy atom. The van der Waals surface area contributed by atoms with Crippen molar-refractivity contribution in [1.29, 1.82) is 0 Å². The van der Waals surface area contributed by atoms with Crippen molar-refractivity contribution in [3.8, 4) is 5.75 Å². The van der Waals surface area contributed by atoms with Crippen LogP contribution in [0.4, 0.5) is 5.69 Å². The minimum atomic E-state index is -1.30. The van der Waals surface area contributed by atoms with Gasteiger partial charge in [0.15, 0.2) is 5.11 Å². The zero-order valence-corrected chi connectivity index (χ0v) is 14.7. The predicted octanol–water partition coefficient (Wildman–Crippen LogP) is 2.23. The molecule has 0 aliphatic carbocycles. The van der Waals surface area contributed by atoms with Gasteiger partial charge >= 0.3 is 0 Å². The summed E-state index contributed by atoms with van der Waals surface area (Å²) in [7, 11) is 0. The van der Waals surface area contributed by atoms with Crippen LogP contribution in [0.2, 0.25) is 5.02 Å². The number of rotatable bonds is 5. The van der Waals surface area contributed by atoms with Gasteiger partial charge in [0.1, 0.15) is 5.75 Å². The number of hydrogen-bond acceptors (Lipinski definition) is 5. The summed E-state index contributed by atoms with van der Waals surface area (Å²) in [4.78, 5) is 23.0. The molecule has 0 bridgehead atoms. The van der Waals surface area contributed by atoms with Gasteiger partial charge in [0.25, 0.3) is 5.91 Å². The summed E-state index contributed by atoms with van der Waals surface area (Å²) in [6, 6.07) is 10.5. The predicted molar refractivity (Wildman–Crippen MR) is 97.1 cm³/mol. The van der Waals surface area contributed by atoms with Crippen LogP contribution in [-0.4, -0.2) is 23.6 Å². The molecule has 1 amide bonds. The van der Waals surface area contributed by atoms with Crippen LogP contribution in [0.5, 0.6) is 5.75 Å². The highest BCUT2D eigenvalue weighted by molar-refractivity contribution is 7.80. The summed E-state index contributed by atoms with van der Waals surface area (Å²) in [5.74, 6) is -1.28. The zero-order chi connectivity index (χ0) is 18.4. The molecule has 0 atom stereocenters. The number of carbonyl (C=O) groups excluding carboxylic acids is 2. The van der Waals surface area contributed by atoms with Crippen LogP contribution in [0.25, 0.3) is 0 Å². The molecule has 0 saturated carbocycles. The van der Waals surface area contributed by atoms with E-state index in [1.807, 2.05) is 6.92 Å². The summed E-state index contributed by atoms with van der Waals surface area (Å²) in [6.07, 6.45) is 0. The molecule has 2 rings (SSSR count). The molecule has 0 aliphatic rings. The van der Waals surface area contributed by atoms with Gasteiger partial charge in [-0.1, -0.05) is 23.7 Å². The fourth-order valence-electron chi connectivity index (χ4n) is 1.98. The van der Waals surface area contributed by atoms with E-state index in [1.165, 1.54) is 24.3 Å². The molecule has 0 unspecified atom stereocenters. The maximum Gasteiger partial charge on any atom is 0.257 e. The third-order valence-corrected chi connectivity index (χ3v) is 3.58. The SMILES string of the molecule is CCOc1ccc(C(=O)NC(=S)Nc2cccc(C(=O)[O-])c2)cc1Cl. The zero-order valence-electron chi connectivity index (χ0n) is 13.2. The van der Waals surface area contributed by atoms with E-state index in [2.05, 4.69) is 10.6 Å². The van der Waals surface area contributed by atoms with Crippen LogP contribution in [0.3, 0.4) is 0 Å². The van der Waals surface area contributed by atoms with E-state index >= 15 is 0 Å². The number of halogens is 1.